The van der Waals surface area contributed by atoms with Gasteiger partial charge in [0.05, 0.1) is 16.5 Å². The second-order valence-corrected chi connectivity index (χ2v) is 3.60. The number of nitrogens with zero attached hydrogens (tertiary/aromatic N) is 2. The first-order valence-corrected chi connectivity index (χ1v) is 4.81. The zero-order valence-electron chi connectivity index (χ0n) is 8.54. The molecule has 0 aliphatic rings. The predicted octanol–water partition coefficient (Wildman–Crippen LogP) is 2.96. The third-order valence-corrected chi connectivity index (χ3v) is 2.14. The molecule has 0 saturated heterocycles. The fourth-order valence-corrected chi connectivity index (χ4v) is 1.16. The van der Waals surface area contributed by atoms with Gasteiger partial charge in [-0.1, -0.05) is 11.6 Å². The third-order valence-electron chi connectivity index (χ3n) is 1.85. The van der Waals surface area contributed by atoms with Crippen LogP contribution in [0.4, 0.5) is 29.1 Å². The van der Waals surface area contributed by atoms with Crippen LogP contribution in [-0.4, -0.2) is 28.8 Å². The lowest BCUT2D eigenvalue weighted by molar-refractivity contribution is -0.385. The molecule has 0 unspecified atom stereocenters. The standard InChI is InChI=1S/C8H6ClF4N3O2/c9-5-1-4(16(17)18)2-14-6(5)15-3-8(12,13)7(10)11/h1-2,7H,3H2,(H,14,15). The zero-order chi connectivity index (χ0) is 13.9. The van der Waals surface area contributed by atoms with Crippen molar-refractivity contribution in [2.24, 2.45) is 0 Å². The summed E-state index contributed by atoms with van der Waals surface area (Å²) in [6.07, 6.45) is -3.06. The highest BCUT2D eigenvalue weighted by atomic mass is 35.5. The minimum atomic E-state index is -4.24. The van der Waals surface area contributed by atoms with Crippen LogP contribution < -0.4 is 5.32 Å². The molecule has 5 nitrogen and oxygen atoms in total. The molecule has 1 heterocycles. The summed E-state index contributed by atoms with van der Waals surface area (Å²) < 4.78 is 48.9. The zero-order valence-corrected chi connectivity index (χ0v) is 9.30. The normalized spacial score (nSPS) is 11.7. The fraction of sp³-hybridized carbons (Fsp3) is 0.375. The minimum Gasteiger partial charge on any atom is -0.363 e. The van der Waals surface area contributed by atoms with Gasteiger partial charge in [0.15, 0.2) is 0 Å². The Bertz CT molecular complexity index is 458. The molecule has 0 spiro atoms. The van der Waals surface area contributed by atoms with E-state index < -0.39 is 29.5 Å². The van der Waals surface area contributed by atoms with Crippen molar-refractivity contribution in [2.45, 2.75) is 12.3 Å². The molecule has 0 bridgehead atoms. The molecule has 1 N–H and O–H groups in total. The maximum Gasteiger partial charge on any atom is 0.324 e. The molecule has 0 fully saturated rings. The van der Waals surface area contributed by atoms with Crippen molar-refractivity contribution in [3.63, 3.8) is 0 Å². The van der Waals surface area contributed by atoms with E-state index in [1.54, 1.807) is 0 Å². The Morgan fingerprint density at radius 1 is 1.56 bits per heavy atom. The van der Waals surface area contributed by atoms with Gasteiger partial charge >= 0.3 is 12.3 Å². The Morgan fingerprint density at radius 3 is 2.61 bits per heavy atom. The van der Waals surface area contributed by atoms with Crippen LogP contribution in [0.3, 0.4) is 0 Å². The number of aromatic nitrogens is 1. The second-order valence-electron chi connectivity index (χ2n) is 3.20. The van der Waals surface area contributed by atoms with Crippen molar-refractivity contribution in [3.8, 4) is 0 Å². The van der Waals surface area contributed by atoms with Gasteiger partial charge in [-0.3, -0.25) is 10.1 Å². The fourth-order valence-electron chi connectivity index (χ4n) is 0.936. The Hall–Kier alpha value is -1.64. The summed E-state index contributed by atoms with van der Waals surface area (Å²) in [6, 6.07) is 0.872. The van der Waals surface area contributed by atoms with E-state index in [4.69, 9.17) is 11.6 Å². The van der Waals surface area contributed by atoms with Crippen LogP contribution in [0.5, 0.6) is 0 Å². The van der Waals surface area contributed by atoms with E-state index in [0.717, 1.165) is 12.3 Å². The molecule has 1 rings (SSSR count). The van der Waals surface area contributed by atoms with Crippen LogP contribution in [0.25, 0.3) is 0 Å². The largest absolute Gasteiger partial charge is 0.363 e. The van der Waals surface area contributed by atoms with Crippen molar-refractivity contribution in [1.82, 2.24) is 4.98 Å². The van der Waals surface area contributed by atoms with E-state index >= 15 is 0 Å². The highest BCUT2D eigenvalue weighted by Gasteiger charge is 2.40. The molecule has 0 aliphatic heterocycles. The lowest BCUT2D eigenvalue weighted by Crippen LogP contribution is -2.35. The Balaban J connectivity index is 2.78. The Labute approximate surface area is 103 Å². The SMILES string of the molecule is O=[N+]([O-])c1cnc(NCC(F)(F)C(F)F)c(Cl)c1. The summed E-state index contributed by atoms with van der Waals surface area (Å²) in [5, 5.41) is 11.9. The number of hydrogen-bond acceptors (Lipinski definition) is 4. The summed E-state index contributed by atoms with van der Waals surface area (Å²) in [5.74, 6) is -4.57. The summed E-state index contributed by atoms with van der Waals surface area (Å²) >= 11 is 5.52. The summed E-state index contributed by atoms with van der Waals surface area (Å²) in [6.45, 7) is -1.38. The molecule has 100 valence electrons. The number of rotatable bonds is 5. The lowest BCUT2D eigenvalue weighted by atomic mass is 10.3. The van der Waals surface area contributed by atoms with Crippen molar-refractivity contribution < 1.29 is 22.5 Å². The molecule has 1 aromatic heterocycles. The summed E-state index contributed by atoms with van der Waals surface area (Å²) in [7, 11) is 0. The van der Waals surface area contributed by atoms with Gasteiger partial charge in [-0.05, 0) is 0 Å². The quantitative estimate of drug-likeness (QED) is 0.513. The number of anilines is 1. The first-order chi connectivity index (χ1) is 8.24. The van der Waals surface area contributed by atoms with Crippen molar-refractivity contribution in [3.05, 3.63) is 27.4 Å². The van der Waals surface area contributed by atoms with Gasteiger partial charge in [-0.2, -0.15) is 8.78 Å². The molecule has 1 aromatic rings. The van der Waals surface area contributed by atoms with E-state index in [1.807, 2.05) is 5.32 Å². The molecule has 0 radical (unpaired) electrons. The minimum absolute atomic E-state index is 0.311. The molecule has 0 aliphatic carbocycles. The van der Waals surface area contributed by atoms with E-state index in [1.165, 1.54) is 0 Å². The average Bonchev–Trinajstić information content (AvgIpc) is 2.26. The second kappa shape index (κ2) is 5.34. The van der Waals surface area contributed by atoms with Gasteiger partial charge in [-0.15, -0.1) is 0 Å². The van der Waals surface area contributed by atoms with Gasteiger partial charge in [0.25, 0.3) is 5.69 Å². The number of hydrogen-bond donors (Lipinski definition) is 1. The number of halogens is 5. The first kappa shape index (κ1) is 14.4. The third kappa shape index (κ3) is 3.42. The molecule has 0 saturated carbocycles. The highest BCUT2D eigenvalue weighted by molar-refractivity contribution is 6.33. The van der Waals surface area contributed by atoms with Gasteiger partial charge in [0, 0.05) is 6.07 Å². The summed E-state index contributed by atoms with van der Waals surface area (Å²) in [5.41, 5.74) is -0.439. The molecule has 18 heavy (non-hydrogen) atoms. The van der Waals surface area contributed by atoms with Gasteiger partial charge in [0.1, 0.15) is 12.0 Å². The highest BCUT2D eigenvalue weighted by Crippen LogP contribution is 2.27. The topological polar surface area (TPSA) is 68.1 Å². The van der Waals surface area contributed by atoms with E-state index in [2.05, 4.69) is 4.98 Å². The summed E-state index contributed by atoms with van der Waals surface area (Å²) in [4.78, 5) is 13.0. The van der Waals surface area contributed by atoms with Crippen LogP contribution in [0, 0.1) is 10.1 Å². The van der Waals surface area contributed by atoms with Crippen LogP contribution in [0.2, 0.25) is 5.02 Å². The molecule has 0 amide bonds. The van der Waals surface area contributed by atoms with Crippen molar-refractivity contribution in [1.29, 1.82) is 0 Å². The maximum atomic E-state index is 12.6. The number of nitro groups is 1. The van der Waals surface area contributed by atoms with Gasteiger partial charge < -0.3 is 5.32 Å². The number of pyridine rings is 1. The van der Waals surface area contributed by atoms with Gasteiger partial charge in [0.2, 0.25) is 0 Å². The van der Waals surface area contributed by atoms with Crippen molar-refractivity contribution in [2.75, 3.05) is 11.9 Å². The maximum absolute atomic E-state index is 12.6. The van der Waals surface area contributed by atoms with Gasteiger partial charge in [-0.25, -0.2) is 13.8 Å². The van der Waals surface area contributed by atoms with E-state index in [0.29, 0.717) is 0 Å². The lowest BCUT2D eigenvalue weighted by Gasteiger charge is -2.16. The van der Waals surface area contributed by atoms with Crippen LogP contribution in [0.15, 0.2) is 12.3 Å². The predicted molar refractivity (Wildman–Crippen MR) is 55.3 cm³/mol. The van der Waals surface area contributed by atoms with E-state index in [9.17, 15) is 27.7 Å². The molecule has 10 heteroatoms. The smallest absolute Gasteiger partial charge is 0.324 e. The molecular formula is C8H6ClF4N3O2. The Kier molecular flexibility index (Phi) is 4.28. The van der Waals surface area contributed by atoms with E-state index in [-0.39, 0.29) is 10.8 Å². The van der Waals surface area contributed by atoms with Crippen LogP contribution >= 0.6 is 11.6 Å². The molecule has 0 aromatic carbocycles. The monoisotopic (exact) mass is 287 g/mol. The Morgan fingerprint density at radius 2 is 2.17 bits per heavy atom. The average molecular weight is 288 g/mol. The molecule has 0 atom stereocenters. The molecular weight excluding hydrogens is 282 g/mol. The van der Waals surface area contributed by atoms with Crippen LogP contribution in [-0.2, 0) is 0 Å². The first-order valence-electron chi connectivity index (χ1n) is 4.44. The number of nitrogens with one attached hydrogen (secondary N) is 1. The number of alkyl halides is 4. The van der Waals surface area contributed by atoms with Crippen LogP contribution in [0.1, 0.15) is 0 Å². The van der Waals surface area contributed by atoms with Crippen molar-refractivity contribution >= 4 is 23.1 Å².